The zero-order valence-electron chi connectivity index (χ0n) is 9.66. The first kappa shape index (κ1) is 10.7. The van der Waals surface area contributed by atoms with Crippen molar-refractivity contribution in [3.05, 3.63) is 22.4 Å². The molecule has 4 heteroatoms. The first-order chi connectivity index (χ1) is 7.62. The largest absolute Gasteiger partial charge is 0.343 e. The summed E-state index contributed by atoms with van der Waals surface area (Å²) in [7, 11) is 0. The molecule has 3 heterocycles. The maximum Gasteiger partial charge on any atom is 0.164 e. The van der Waals surface area contributed by atoms with Gasteiger partial charge in [-0.2, -0.15) is 0 Å². The Kier molecular flexibility index (Phi) is 2.37. The Labute approximate surface area is 99.8 Å². The van der Waals surface area contributed by atoms with Crippen molar-refractivity contribution in [2.75, 3.05) is 13.1 Å². The maximum absolute atomic E-state index is 6.23. The number of fused-ring (bicyclic) bond motifs is 1. The summed E-state index contributed by atoms with van der Waals surface area (Å²) in [5.41, 5.74) is -0.219. The van der Waals surface area contributed by atoms with Crippen molar-refractivity contribution in [2.24, 2.45) is 0 Å². The number of hydrogen-bond acceptors (Lipinski definition) is 4. The van der Waals surface area contributed by atoms with Gasteiger partial charge in [0.15, 0.2) is 5.79 Å². The van der Waals surface area contributed by atoms with Crippen LogP contribution in [0.4, 0.5) is 0 Å². The van der Waals surface area contributed by atoms with Gasteiger partial charge in [0.05, 0.1) is 0 Å². The fourth-order valence-electron chi connectivity index (χ4n) is 2.74. The van der Waals surface area contributed by atoms with E-state index >= 15 is 0 Å². The Morgan fingerprint density at radius 3 is 3.12 bits per heavy atom. The Balaban J connectivity index is 2.01. The molecule has 88 valence electrons. The van der Waals surface area contributed by atoms with Crippen LogP contribution in [-0.4, -0.2) is 25.0 Å². The van der Waals surface area contributed by atoms with Gasteiger partial charge in [-0.15, -0.1) is 11.3 Å². The lowest BCUT2D eigenvalue weighted by molar-refractivity contribution is -0.164. The summed E-state index contributed by atoms with van der Waals surface area (Å²) in [5.74, 6) is -0.472. The molecule has 2 saturated heterocycles. The normalized spacial score (nSPS) is 37.2. The molecule has 0 bridgehead atoms. The van der Waals surface area contributed by atoms with Crippen molar-refractivity contribution < 1.29 is 9.47 Å². The molecule has 0 spiro atoms. The van der Waals surface area contributed by atoms with Crippen molar-refractivity contribution in [3.8, 4) is 0 Å². The summed E-state index contributed by atoms with van der Waals surface area (Å²) >= 11 is 1.76. The summed E-state index contributed by atoms with van der Waals surface area (Å²) in [4.78, 5) is 1.30. The van der Waals surface area contributed by atoms with Crippen LogP contribution in [-0.2, 0) is 15.1 Å². The summed E-state index contributed by atoms with van der Waals surface area (Å²) < 4.78 is 12.2. The monoisotopic (exact) mass is 239 g/mol. The molecule has 0 radical (unpaired) electrons. The SMILES string of the molecule is CC1(C)OC2CNCCC2(c2cccs2)O1. The topological polar surface area (TPSA) is 30.5 Å². The third-order valence-corrected chi connectivity index (χ3v) is 4.34. The van der Waals surface area contributed by atoms with E-state index < -0.39 is 5.79 Å². The number of rotatable bonds is 1. The molecule has 2 aliphatic rings. The molecule has 2 atom stereocenters. The van der Waals surface area contributed by atoms with Gasteiger partial charge in [-0.3, -0.25) is 0 Å². The van der Waals surface area contributed by atoms with Gasteiger partial charge in [0.1, 0.15) is 11.7 Å². The molecular weight excluding hydrogens is 222 g/mol. The highest BCUT2D eigenvalue weighted by atomic mass is 32.1. The van der Waals surface area contributed by atoms with Crippen LogP contribution in [0.3, 0.4) is 0 Å². The number of thiophene rings is 1. The van der Waals surface area contributed by atoms with Crippen LogP contribution in [0.15, 0.2) is 17.5 Å². The lowest BCUT2D eigenvalue weighted by Gasteiger charge is -2.36. The molecular formula is C12H17NO2S. The summed E-state index contributed by atoms with van der Waals surface area (Å²) in [6.45, 7) is 5.87. The molecule has 0 aliphatic carbocycles. The second-order valence-corrected chi connectivity index (χ2v) is 5.88. The quantitative estimate of drug-likeness (QED) is 0.814. The standard InChI is InChI=1S/C12H17NO2S/c1-11(2)14-9-8-13-6-5-12(9,15-11)10-4-3-7-16-10/h3-4,7,9,13H,5-6,8H2,1-2H3. The molecule has 1 aromatic heterocycles. The van der Waals surface area contributed by atoms with Gasteiger partial charge < -0.3 is 14.8 Å². The average Bonchev–Trinajstić information content (AvgIpc) is 2.79. The zero-order valence-corrected chi connectivity index (χ0v) is 10.5. The average molecular weight is 239 g/mol. The van der Waals surface area contributed by atoms with Gasteiger partial charge in [-0.05, 0) is 38.3 Å². The molecule has 0 saturated carbocycles. The van der Waals surface area contributed by atoms with E-state index in [4.69, 9.17) is 9.47 Å². The number of ether oxygens (including phenoxy) is 2. The summed E-state index contributed by atoms with van der Waals surface area (Å²) in [6, 6.07) is 4.25. The third kappa shape index (κ3) is 1.52. The van der Waals surface area contributed by atoms with Gasteiger partial charge >= 0.3 is 0 Å². The van der Waals surface area contributed by atoms with Gasteiger partial charge in [-0.1, -0.05) is 6.07 Å². The molecule has 2 aliphatic heterocycles. The van der Waals surface area contributed by atoms with E-state index in [-0.39, 0.29) is 11.7 Å². The van der Waals surface area contributed by atoms with Crippen LogP contribution in [0.5, 0.6) is 0 Å². The van der Waals surface area contributed by atoms with Crippen LogP contribution in [0.25, 0.3) is 0 Å². The first-order valence-electron chi connectivity index (χ1n) is 5.75. The Morgan fingerprint density at radius 1 is 1.50 bits per heavy atom. The van der Waals surface area contributed by atoms with Crippen LogP contribution >= 0.6 is 11.3 Å². The van der Waals surface area contributed by atoms with Crippen LogP contribution < -0.4 is 5.32 Å². The maximum atomic E-state index is 6.23. The molecule has 2 fully saturated rings. The molecule has 16 heavy (non-hydrogen) atoms. The molecule has 0 aromatic carbocycles. The van der Waals surface area contributed by atoms with Crippen LogP contribution in [0, 0.1) is 0 Å². The van der Waals surface area contributed by atoms with Gasteiger partial charge in [0.2, 0.25) is 0 Å². The minimum Gasteiger partial charge on any atom is -0.343 e. The van der Waals surface area contributed by atoms with E-state index in [9.17, 15) is 0 Å². The highest BCUT2D eigenvalue weighted by Crippen LogP contribution is 2.48. The Morgan fingerprint density at radius 2 is 2.38 bits per heavy atom. The van der Waals surface area contributed by atoms with Crippen molar-refractivity contribution in [1.82, 2.24) is 5.32 Å². The summed E-state index contributed by atoms with van der Waals surface area (Å²) in [6.07, 6.45) is 1.12. The molecule has 0 amide bonds. The third-order valence-electron chi connectivity index (χ3n) is 3.32. The first-order valence-corrected chi connectivity index (χ1v) is 6.63. The smallest absolute Gasteiger partial charge is 0.164 e. The van der Waals surface area contributed by atoms with E-state index in [1.54, 1.807) is 11.3 Å². The number of nitrogens with one attached hydrogen (secondary N) is 1. The zero-order chi connectivity index (χ0) is 11.2. The second-order valence-electron chi connectivity index (χ2n) is 4.93. The predicted molar refractivity (Wildman–Crippen MR) is 63.5 cm³/mol. The highest BCUT2D eigenvalue weighted by molar-refractivity contribution is 7.10. The molecule has 1 N–H and O–H groups in total. The van der Waals surface area contributed by atoms with Crippen LogP contribution in [0.2, 0.25) is 0 Å². The van der Waals surface area contributed by atoms with Crippen molar-refractivity contribution in [3.63, 3.8) is 0 Å². The Hall–Kier alpha value is -0.420. The fraction of sp³-hybridized carbons (Fsp3) is 0.667. The molecule has 1 aromatic rings. The lowest BCUT2D eigenvalue weighted by Crippen LogP contribution is -2.49. The van der Waals surface area contributed by atoms with Gasteiger partial charge in [-0.25, -0.2) is 0 Å². The number of hydrogen-bond donors (Lipinski definition) is 1. The van der Waals surface area contributed by atoms with E-state index in [0.29, 0.717) is 0 Å². The minimum atomic E-state index is -0.472. The highest BCUT2D eigenvalue weighted by Gasteiger charge is 2.55. The molecule has 3 nitrogen and oxygen atoms in total. The predicted octanol–water partition coefficient (Wildman–Crippen LogP) is 2.09. The lowest BCUT2D eigenvalue weighted by atomic mass is 9.88. The van der Waals surface area contributed by atoms with E-state index in [2.05, 4.69) is 22.8 Å². The van der Waals surface area contributed by atoms with Gasteiger partial charge in [0, 0.05) is 11.4 Å². The van der Waals surface area contributed by atoms with E-state index in [1.807, 2.05) is 13.8 Å². The van der Waals surface area contributed by atoms with E-state index in [1.165, 1.54) is 4.88 Å². The van der Waals surface area contributed by atoms with Gasteiger partial charge in [0.25, 0.3) is 0 Å². The Bertz CT molecular complexity index is 376. The van der Waals surface area contributed by atoms with Crippen LogP contribution in [0.1, 0.15) is 25.1 Å². The molecule has 3 rings (SSSR count). The van der Waals surface area contributed by atoms with Crippen molar-refractivity contribution in [1.29, 1.82) is 0 Å². The molecule has 2 unspecified atom stereocenters. The number of piperidine rings is 1. The van der Waals surface area contributed by atoms with Crippen molar-refractivity contribution in [2.45, 2.75) is 37.8 Å². The second kappa shape index (κ2) is 3.53. The summed E-state index contributed by atoms with van der Waals surface area (Å²) in [5, 5.41) is 5.49. The van der Waals surface area contributed by atoms with Crippen molar-refractivity contribution >= 4 is 11.3 Å². The fourth-order valence-corrected chi connectivity index (χ4v) is 3.68. The minimum absolute atomic E-state index is 0.134. The van der Waals surface area contributed by atoms with E-state index in [0.717, 1.165) is 19.5 Å².